The van der Waals surface area contributed by atoms with Crippen LogP contribution >= 0.6 is 23.2 Å². The van der Waals surface area contributed by atoms with Gasteiger partial charge in [0, 0.05) is 16.1 Å². The molecule has 1 aliphatic heterocycles. The predicted molar refractivity (Wildman–Crippen MR) is 115 cm³/mol. The van der Waals surface area contributed by atoms with Gasteiger partial charge in [-0.2, -0.15) is 5.10 Å². The lowest BCUT2D eigenvalue weighted by molar-refractivity contribution is -0.143. The lowest BCUT2D eigenvalue weighted by Gasteiger charge is -2.33. The van der Waals surface area contributed by atoms with Gasteiger partial charge in [0.1, 0.15) is 11.6 Å². The van der Waals surface area contributed by atoms with Crippen molar-refractivity contribution in [2.24, 2.45) is 0 Å². The van der Waals surface area contributed by atoms with E-state index in [4.69, 9.17) is 27.9 Å². The van der Waals surface area contributed by atoms with Crippen LogP contribution in [0.3, 0.4) is 0 Å². The second kappa shape index (κ2) is 7.66. The number of hydrogen-bond donors (Lipinski definition) is 2. The summed E-state index contributed by atoms with van der Waals surface area (Å²) in [5.41, 5.74) is -0.388. The predicted octanol–water partition coefficient (Wildman–Crippen LogP) is 4.53. The zero-order chi connectivity index (χ0) is 21.5. The van der Waals surface area contributed by atoms with E-state index in [0.29, 0.717) is 27.3 Å². The van der Waals surface area contributed by atoms with E-state index < -0.39 is 17.4 Å². The monoisotopic (exact) mass is 444 g/mol. The minimum Gasteiger partial charge on any atom is -0.466 e. The van der Waals surface area contributed by atoms with Crippen molar-refractivity contribution in [3.8, 4) is 5.75 Å². The number of anilines is 2. The molecule has 0 spiro atoms. The Morgan fingerprint density at radius 3 is 2.60 bits per heavy atom. The number of nitrogens with one attached hydrogen (secondary N) is 2. The van der Waals surface area contributed by atoms with Gasteiger partial charge >= 0.3 is 0 Å². The van der Waals surface area contributed by atoms with Crippen LogP contribution in [0.5, 0.6) is 5.75 Å². The van der Waals surface area contributed by atoms with E-state index in [1.165, 1.54) is 6.92 Å². The zero-order valence-corrected chi connectivity index (χ0v) is 17.7. The minimum absolute atomic E-state index is 0.177. The molecule has 2 aromatic carbocycles. The van der Waals surface area contributed by atoms with Crippen molar-refractivity contribution in [1.82, 2.24) is 9.78 Å². The highest BCUT2D eigenvalue weighted by Crippen LogP contribution is 2.36. The topological polar surface area (TPSA) is 85.2 Å². The van der Waals surface area contributed by atoms with E-state index in [9.17, 15) is 9.59 Å². The fourth-order valence-corrected chi connectivity index (χ4v) is 3.48. The van der Waals surface area contributed by atoms with Gasteiger partial charge in [0.2, 0.25) is 0 Å². The van der Waals surface area contributed by atoms with Crippen molar-refractivity contribution < 1.29 is 14.3 Å². The third kappa shape index (κ3) is 3.62. The number of nitrogens with zero attached hydrogens (tertiary/aromatic N) is 2. The molecule has 2 heterocycles. The van der Waals surface area contributed by atoms with Gasteiger partial charge in [-0.05, 0) is 49.7 Å². The molecule has 30 heavy (non-hydrogen) atoms. The number of halogens is 2. The molecule has 0 saturated heterocycles. The van der Waals surface area contributed by atoms with E-state index in [1.54, 1.807) is 47.3 Å². The quantitative estimate of drug-likeness (QED) is 0.578. The molecule has 7 nitrogen and oxygen atoms in total. The van der Waals surface area contributed by atoms with Crippen LogP contribution in [0.15, 0.2) is 54.7 Å². The summed E-state index contributed by atoms with van der Waals surface area (Å²) >= 11 is 11.9. The van der Waals surface area contributed by atoms with Crippen LogP contribution in [-0.4, -0.2) is 27.2 Å². The molecule has 0 radical (unpaired) electrons. The number of aromatic nitrogens is 2. The molecule has 154 valence electrons. The summed E-state index contributed by atoms with van der Waals surface area (Å²) in [4.78, 5) is 25.7. The van der Waals surface area contributed by atoms with Crippen LogP contribution in [0.2, 0.25) is 10.0 Å². The van der Waals surface area contributed by atoms with Crippen LogP contribution < -0.4 is 15.4 Å². The van der Waals surface area contributed by atoms with Gasteiger partial charge in [0.05, 0.1) is 17.9 Å². The second-order valence-electron chi connectivity index (χ2n) is 7.07. The number of ether oxygens (including phenoxy) is 1. The number of carbonyl (C=O) groups is 2. The van der Waals surface area contributed by atoms with Gasteiger partial charge in [-0.3, -0.25) is 9.59 Å². The van der Waals surface area contributed by atoms with Crippen LogP contribution in [0.1, 0.15) is 25.5 Å². The molecule has 2 amide bonds. The molecule has 4 rings (SSSR count). The first-order valence-corrected chi connectivity index (χ1v) is 9.94. The molecular formula is C21H18Cl2N4O3. The number of amides is 2. The SMILES string of the molecule is CC(c1ccc(Cl)cc1)n1nccc1NC(=O)C1(C)Oc2ccc(Cl)cc2NC1=O. The standard InChI is InChI=1S/C21H18Cl2N4O3/c1-12(13-3-5-14(22)6-4-13)27-18(9-10-24-27)26-20(29)21(2)19(28)25-16-11-15(23)7-8-17(16)30-21/h3-12H,1-2H3,(H,25,28)(H,26,29). The fraction of sp³-hybridized carbons (Fsp3) is 0.190. The Labute approximate surface area is 182 Å². The van der Waals surface area contributed by atoms with Crippen molar-refractivity contribution in [3.05, 3.63) is 70.3 Å². The summed E-state index contributed by atoms with van der Waals surface area (Å²) in [6, 6.07) is 13.6. The highest BCUT2D eigenvalue weighted by Gasteiger charge is 2.47. The minimum atomic E-state index is -1.76. The van der Waals surface area contributed by atoms with Gasteiger partial charge in [0.25, 0.3) is 17.4 Å². The molecule has 0 fully saturated rings. The lowest BCUT2D eigenvalue weighted by Crippen LogP contribution is -2.56. The van der Waals surface area contributed by atoms with Crippen molar-refractivity contribution in [2.45, 2.75) is 25.5 Å². The normalized spacial score (nSPS) is 18.7. The molecule has 2 atom stereocenters. The van der Waals surface area contributed by atoms with Crippen molar-refractivity contribution in [3.63, 3.8) is 0 Å². The van der Waals surface area contributed by atoms with Gasteiger partial charge in [0.15, 0.2) is 0 Å². The molecule has 1 aromatic heterocycles. The summed E-state index contributed by atoms with van der Waals surface area (Å²) in [5.74, 6) is -0.418. The highest BCUT2D eigenvalue weighted by molar-refractivity contribution is 6.31. The number of hydrogen-bond acceptors (Lipinski definition) is 4. The number of fused-ring (bicyclic) bond motifs is 1. The Kier molecular flexibility index (Phi) is 5.17. The molecule has 0 saturated carbocycles. The molecule has 3 aromatic rings. The highest BCUT2D eigenvalue weighted by atomic mass is 35.5. The molecule has 9 heteroatoms. The smallest absolute Gasteiger partial charge is 0.279 e. The Bertz CT molecular complexity index is 1130. The van der Waals surface area contributed by atoms with Crippen molar-refractivity contribution in [2.75, 3.05) is 10.6 Å². The average Bonchev–Trinajstić information content (AvgIpc) is 3.17. The maximum Gasteiger partial charge on any atom is 0.279 e. The first-order valence-electron chi connectivity index (χ1n) is 9.18. The summed E-state index contributed by atoms with van der Waals surface area (Å²) in [7, 11) is 0. The summed E-state index contributed by atoms with van der Waals surface area (Å²) < 4.78 is 7.42. The average molecular weight is 445 g/mol. The third-order valence-corrected chi connectivity index (χ3v) is 5.49. The van der Waals surface area contributed by atoms with Gasteiger partial charge in [-0.1, -0.05) is 35.3 Å². The molecule has 2 unspecified atom stereocenters. The zero-order valence-electron chi connectivity index (χ0n) is 16.1. The second-order valence-corrected chi connectivity index (χ2v) is 7.95. The molecular weight excluding hydrogens is 427 g/mol. The molecule has 0 aliphatic carbocycles. The van der Waals surface area contributed by atoms with Crippen LogP contribution in [0.25, 0.3) is 0 Å². The number of rotatable bonds is 4. The number of carbonyl (C=O) groups excluding carboxylic acids is 2. The number of benzene rings is 2. The van der Waals surface area contributed by atoms with Crippen LogP contribution in [0, 0.1) is 0 Å². The Morgan fingerprint density at radius 2 is 1.87 bits per heavy atom. The first-order chi connectivity index (χ1) is 14.3. The Morgan fingerprint density at radius 1 is 1.17 bits per heavy atom. The first kappa shape index (κ1) is 20.3. The van der Waals surface area contributed by atoms with E-state index in [0.717, 1.165) is 5.56 Å². The fourth-order valence-electron chi connectivity index (χ4n) is 3.19. The summed E-state index contributed by atoms with van der Waals surface area (Å²) in [6.07, 6.45) is 1.57. The van der Waals surface area contributed by atoms with Crippen LogP contribution in [0.4, 0.5) is 11.5 Å². The maximum absolute atomic E-state index is 13.0. The van der Waals surface area contributed by atoms with Gasteiger partial charge < -0.3 is 15.4 Å². The third-order valence-electron chi connectivity index (χ3n) is 5.00. The van der Waals surface area contributed by atoms with Gasteiger partial charge in [-0.15, -0.1) is 0 Å². The Hall–Kier alpha value is -3.03. The van der Waals surface area contributed by atoms with Crippen molar-refractivity contribution in [1.29, 1.82) is 0 Å². The van der Waals surface area contributed by atoms with E-state index in [-0.39, 0.29) is 6.04 Å². The van der Waals surface area contributed by atoms with Gasteiger partial charge in [-0.25, -0.2) is 4.68 Å². The van der Waals surface area contributed by atoms with E-state index >= 15 is 0 Å². The molecule has 0 bridgehead atoms. The summed E-state index contributed by atoms with van der Waals surface area (Å²) in [6.45, 7) is 3.36. The van der Waals surface area contributed by atoms with Crippen molar-refractivity contribution >= 4 is 46.5 Å². The summed E-state index contributed by atoms with van der Waals surface area (Å²) in [5, 5.41) is 10.8. The largest absolute Gasteiger partial charge is 0.466 e. The molecule has 2 N–H and O–H groups in total. The van der Waals surface area contributed by atoms with E-state index in [2.05, 4.69) is 15.7 Å². The maximum atomic E-state index is 13.0. The Balaban J connectivity index is 1.57. The lowest BCUT2D eigenvalue weighted by atomic mass is 10.0. The van der Waals surface area contributed by atoms with E-state index in [1.807, 2.05) is 19.1 Å². The molecule has 1 aliphatic rings. The van der Waals surface area contributed by atoms with Crippen LogP contribution in [-0.2, 0) is 9.59 Å².